The predicted molar refractivity (Wildman–Crippen MR) is 224 cm³/mol. The molecule has 0 saturated heterocycles. The van der Waals surface area contributed by atoms with E-state index in [1.807, 2.05) is 24.3 Å². The van der Waals surface area contributed by atoms with Gasteiger partial charge >= 0.3 is 6.01 Å². The lowest BCUT2D eigenvalue weighted by molar-refractivity contribution is 0.574. The van der Waals surface area contributed by atoms with Crippen molar-refractivity contribution >= 4 is 54.7 Å². The van der Waals surface area contributed by atoms with Gasteiger partial charge in [-0.2, -0.15) is 15.0 Å². The average Bonchev–Trinajstić information content (AvgIpc) is 3.87. The summed E-state index contributed by atoms with van der Waals surface area (Å²) >= 11 is 0. The number of rotatable bonds is 4. The van der Waals surface area contributed by atoms with Crippen LogP contribution in [0.2, 0.25) is 0 Å². The molecule has 0 radical (unpaired) electrons. The molecular weight excluding hydrogens is 677 g/mol. The van der Waals surface area contributed by atoms with Gasteiger partial charge in [0.05, 0.1) is 22.1 Å². The molecule has 0 fully saturated rings. The van der Waals surface area contributed by atoms with Crippen LogP contribution in [0.1, 0.15) is 52.7 Å². The van der Waals surface area contributed by atoms with Gasteiger partial charge in [0, 0.05) is 32.7 Å². The highest BCUT2D eigenvalue weighted by Crippen LogP contribution is 2.42. The lowest BCUT2D eigenvalue weighted by atomic mass is 9.86. The normalized spacial score (nSPS) is 12.5. The van der Waals surface area contributed by atoms with E-state index in [1.165, 1.54) is 11.1 Å². The standard InChI is InChI=1S/C48H40N6O/c1-47(2,3)31-23-19-29(20-24-31)43-50-44(30-21-25-32(26-22-30)48(4,5)6)52-45(51-43)53-38-16-10-7-13-33(38)35-27-28-36-34-14-8-11-17-39(34)54(42(36)41(35)53)46-49-37-15-9-12-18-40(37)55-46/h7-28H,1-6H3. The minimum atomic E-state index is 0.0181. The fourth-order valence-electron chi connectivity index (χ4n) is 7.82. The van der Waals surface area contributed by atoms with Crippen LogP contribution < -0.4 is 0 Å². The van der Waals surface area contributed by atoms with E-state index >= 15 is 0 Å². The van der Waals surface area contributed by atoms with Crippen LogP contribution in [0, 0.1) is 0 Å². The van der Waals surface area contributed by atoms with Crippen LogP contribution in [-0.2, 0) is 10.8 Å². The third-order valence-corrected chi connectivity index (χ3v) is 10.8. The Balaban J connectivity index is 1.31. The van der Waals surface area contributed by atoms with Crippen LogP contribution in [0.3, 0.4) is 0 Å². The van der Waals surface area contributed by atoms with Crippen molar-refractivity contribution in [3.63, 3.8) is 0 Å². The Kier molecular flexibility index (Phi) is 7.17. The third kappa shape index (κ3) is 5.33. The van der Waals surface area contributed by atoms with Crippen LogP contribution in [0.4, 0.5) is 0 Å². The van der Waals surface area contributed by atoms with Crippen LogP contribution in [-0.4, -0.2) is 29.1 Å². The van der Waals surface area contributed by atoms with Crippen molar-refractivity contribution < 1.29 is 4.42 Å². The van der Waals surface area contributed by atoms with Crippen LogP contribution in [0.5, 0.6) is 0 Å². The second-order valence-electron chi connectivity index (χ2n) is 16.5. The molecule has 0 N–H and O–H groups in total. The molecule has 0 aliphatic carbocycles. The Labute approximate surface area is 318 Å². The maximum atomic E-state index is 6.52. The summed E-state index contributed by atoms with van der Waals surface area (Å²) in [5, 5.41) is 4.37. The van der Waals surface area contributed by atoms with Gasteiger partial charge in [-0.05, 0) is 46.2 Å². The van der Waals surface area contributed by atoms with Gasteiger partial charge in [0.1, 0.15) is 5.52 Å². The monoisotopic (exact) mass is 716 g/mol. The molecule has 10 rings (SSSR count). The van der Waals surface area contributed by atoms with Crippen molar-refractivity contribution in [2.45, 2.75) is 52.4 Å². The fourth-order valence-corrected chi connectivity index (χ4v) is 7.82. The van der Waals surface area contributed by atoms with Gasteiger partial charge in [0.2, 0.25) is 5.95 Å². The van der Waals surface area contributed by atoms with Gasteiger partial charge in [0.25, 0.3) is 0 Å². The zero-order valence-corrected chi connectivity index (χ0v) is 31.8. The highest BCUT2D eigenvalue weighted by molar-refractivity contribution is 6.23. The van der Waals surface area contributed by atoms with Crippen molar-refractivity contribution in [2.75, 3.05) is 0 Å². The zero-order valence-electron chi connectivity index (χ0n) is 31.8. The molecule has 55 heavy (non-hydrogen) atoms. The molecule has 7 nitrogen and oxygen atoms in total. The smallest absolute Gasteiger partial charge is 0.307 e. The summed E-state index contributed by atoms with van der Waals surface area (Å²) in [6.07, 6.45) is 0. The van der Waals surface area contributed by atoms with Gasteiger partial charge < -0.3 is 4.42 Å². The van der Waals surface area contributed by atoms with Crippen LogP contribution in [0.25, 0.3) is 89.5 Å². The first-order valence-corrected chi connectivity index (χ1v) is 18.8. The van der Waals surface area contributed by atoms with Gasteiger partial charge in [-0.1, -0.05) is 151 Å². The van der Waals surface area contributed by atoms with E-state index < -0.39 is 0 Å². The second-order valence-corrected chi connectivity index (χ2v) is 16.5. The van der Waals surface area contributed by atoms with Crippen LogP contribution in [0.15, 0.2) is 138 Å². The fraction of sp³-hybridized carbons (Fsp3) is 0.167. The Hall–Kier alpha value is -6.60. The summed E-state index contributed by atoms with van der Waals surface area (Å²) in [5.41, 5.74) is 9.86. The molecule has 0 unspecified atom stereocenters. The minimum absolute atomic E-state index is 0.0181. The molecule has 0 saturated carbocycles. The minimum Gasteiger partial charge on any atom is -0.423 e. The second kappa shape index (κ2) is 12.0. The molecule has 0 amide bonds. The van der Waals surface area contributed by atoms with Gasteiger partial charge in [-0.15, -0.1) is 0 Å². The number of hydrogen-bond acceptors (Lipinski definition) is 5. The van der Waals surface area contributed by atoms with Crippen molar-refractivity contribution in [3.05, 3.63) is 145 Å². The molecule has 268 valence electrons. The topological polar surface area (TPSA) is 74.6 Å². The number of nitrogens with zero attached hydrogens (tertiary/aromatic N) is 6. The summed E-state index contributed by atoms with van der Waals surface area (Å²) in [7, 11) is 0. The Morgan fingerprint density at radius 1 is 0.436 bits per heavy atom. The molecule has 0 aliphatic heterocycles. The average molecular weight is 717 g/mol. The summed E-state index contributed by atoms with van der Waals surface area (Å²) in [6, 6.07) is 47.0. The highest BCUT2D eigenvalue weighted by Gasteiger charge is 2.25. The van der Waals surface area contributed by atoms with Crippen molar-refractivity contribution in [3.8, 4) is 34.7 Å². The number of hydrogen-bond donors (Lipinski definition) is 0. The predicted octanol–water partition coefficient (Wildman–Crippen LogP) is 12.1. The molecule has 7 heteroatoms. The number of oxazole rings is 1. The summed E-state index contributed by atoms with van der Waals surface area (Å²) < 4.78 is 10.9. The van der Waals surface area contributed by atoms with E-state index in [9.17, 15) is 0 Å². The van der Waals surface area contributed by atoms with E-state index in [0.717, 1.165) is 65.8 Å². The van der Waals surface area contributed by atoms with Crippen LogP contribution >= 0.6 is 0 Å². The van der Waals surface area contributed by atoms with Gasteiger partial charge in [-0.25, -0.2) is 4.98 Å². The lowest BCUT2D eigenvalue weighted by Gasteiger charge is -2.19. The molecule has 6 aromatic carbocycles. The van der Waals surface area contributed by atoms with E-state index in [4.69, 9.17) is 24.4 Å². The number of para-hydroxylation sites is 4. The first-order chi connectivity index (χ1) is 26.5. The summed E-state index contributed by atoms with van der Waals surface area (Å²) in [6.45, 7) is 13.4. The largest absolute Gasteiger partial charge is 0.423 e. The third-order valence-electron chi connectivity index (χ3n) is 10.8. The maximum Gasteiger partial charge on any atom is 0.307 e. The first kappa shape index (κ1) is 33.0. The van der Waals surface area contributed by atoms with Crippen molar-refractivity contribution in [2.24, 2.45) is 0 Å². The van der Waals surface area contributed by atoms with E-state index in [1.54, 1.807) is 0 Å². The first-order valence-electron chi connectivity index (χ1n) is 18.8. The molecule has 0 aliphatic rings. The Bertz CT molecular complexity index is 2990. The van der Waals surface area contributed by atoms with Gasteiger partial charge in [0.15, 0.2) is 17.2 Å². The summed E-state index contributed by atoms with van der Waals surface area (Å²) in [5.74, 6) is 1.75. The molecule has 0 spiro atoms. The van der Waals surface area contributed by atoms with E-state index in [-0.39, 0.29) is 10.8 Å². The molecular formula is C48H40N6O. The maximum absolute atomic E-state index is 6.52. The number of aromatic nitrogens is 6. The molecule has 4 heterocycles. The van der Waals surface area contributed by atoms with E-state index in [2.05, 4.69) is 160 Å². The molecule has 10 aromatic rings. The lowest BCUT2D eigenvalue weighted by Crippen LogP contribution is -2.11. The summed E-state index contributed by atoms with van der Waals surface area (Å²) in [4.78, 5) is 20.8. The molecule has 0 bridgehead atoms. The Morgan fingerprint density at radius 3 is 1.44 bits per heavy atom. The number of benzene rings is 6. The van der Waals surface area contributed by atoms with Gasteiger partial charge in [-0.3, -0.25) is 9.13 Å². The highest BCUT2D eigenvalue weighted by atomic mass is 16.4. The zero-order chi connectivity index (χ0) is 37.6. The molecule has 4 aromatic heterocycles. The van der Waals surface area contributed by atoms with E-state index in [0.29, 0.717) is 23.6 Å². The SMILES string of the molecule is CC(C)(C)c1ccc(-c2nc(-c3ccc(C(C)(C)C)cc3)nc(-n3c4ccccc4c4ccc5c6ccccc6n(-c6nc7ccccc7o6)c5c43)n2)cc1. The quantitative estimate of drug-likeness (QED) is 0.181. The molecule has 0 atom stereocenters. The van der Waals surface area contributed by atoms with Crippen molar-refractivity contribution in [1.82, 2.24) is 29.1 Å². The number of fused-ring (bicyclic) bond motifs is 8. The Morgan fingerprint density at radius 2 is 0.909 bits per heavy atom. The van der Waals surface area contributed by atoms with Crippen molar-refractivity contribution in [1.29, 1.82) is 0 Å².